The SMILES string of the molecule is CC[C@@H](C(=O)N[C@@H](C)c1ccc(C(C)(C)C)cc1)N(c1ccccc1F)S(C)(=O)=O. The van der Waals surface area contributed by atoms with E-state index < -0.39 is 27.8 Å². The molecule has 0 heterocycles. The molecule has 0 aromatic heterocycles. The Morgan fingerprint density at radius 1 is 1.10 bits per heavy atom. The lowest BCUT2D eigenvalue weighted by Crippen LogP contribution is -2.50. The van der Waals surface area contributed by atoms with Crippen LogP contribution in [-0.2, 0) is 20.2 Å². The molecule has 164 valence electrons. The number of rotatable bonds is 7. The van der Waals surface area contributed by atoms with Crippen LogP contribution in [0.5, 0.6) is 0 Å². The Morgan fingerprint density at radius 2 is 1.67 bits per heavy atom. The fraction of sp³-hybridized carbons (Fsp3) is 0.435. The fourth-order valence-electron chi connectivity index (χ4n) is 3.33. The summed E-state index contributed by atoms with van der Waals surface area (Å²) in [4.78, 5) is 13.0. The summed E-state index contributed by atoms with van der Waals surface area (Å²) in [5.41, 5.74) is 1.97. The molecule has 0 aliphatic rings. The van der Waals surface area contributed by atoms with Gasteiger partial charge in [-0.2, -0.15) is 0 Å². The predicted molar refractivity (Wildman–Crippen MR) is 120 cm³/mol. The number of anilines is 1. The Labute approximate surface area is 179 Å². The number of para-hydroxylation sites is 1. The van der Waals surface area contributed by atoms with Gasteiger partial charge in [-0.05, 0) is 42.0 Å². The summed E-state index contributed by atoms with van der Waals surface area (Å²) in [6, 6.07) is 12.1. The molecular formula is C23H31FN2O3S. The van der Waals surface area contributed by atoms with Gasteiger partial charge in [-0.25, -0.2) is 12.8 Å². The second-order valence-electron chi connectivity index (χ2n) is 8.54. The van der Waals surface area contributed by atoms with Crippen molar-refractivity contribution < 1.29 is 17.6 Å². The fourth-order valence-corrected chi connectivity index (χ4v) is 4.54. The molecule has 0 aliphatic carbocycles. The number of nitrogens with zero attached hydrogens (tertiary/aromatic N) is 1. The van der Waals surface area contributed by atoms with Crippen LogP contribution >= 0.6 is 0 Å². The van der Waals surface area contributed by atoms with E-state index in [0.29, 0.717) is 0 Å². The summed E-state index contributed by atoms with van der Waals surface area (Å²) in [5, 5.41) is 2.88. The Balaban J connectivity index is 2.29. The van der Waals surface area contributed by atoms with Gasteiger partial charge in [0, 0.05) is 0 Å². The first-order chi connectivity index (χ1) is 13.9. The predicted octanol–water partition coefficient (Wildman–Crippen LogP) is 4.55. The number of amides is 1. The number of hydrogen-bond acceptors (Lipinski definition) is 3. The minimum Gasteiger partial charge on any atom is -0.348 e. The molecular weight excluding hydrogens is 403 g/mol. The highest BCUT2D eigenvalue weighted by Gasteiger charge is 2.33. The standard InChI is InChI=1S/C23H31FN2O3S/c1-7-20(26(30(6,28)29)21-11-9-8-10-19(21)24)22(27)25-16(2)17-12-14-18(15-13-17)23(3,4)5/h8-16,20H,7H2,1-6H3,(H,25,27)/t16-,20-/m0/s1. The van der Waals surface area contributed by atoms with Gasteiger partial charge in [0.2, 0.25) is 15.9 Å². The first-order valence-corrected chi connectivity index (χ1v) is 11.9. The lowest BCUT2D eigenvalue weighted by Gasteiger charge is -2.31. The Kier molecular flexibility index (Phi) is 7.29. The van der Waals surface area contributed by atoms with Gasteiger partial charge in [-0.15, -0.1) is 0 Å². The molecule has 7 heteroatoms. The minimum absolute atomic E-state index is 0.0219. The van der Waals surface area contributed by atoms with E-state index in [9.17, 15) is 17.6 Å². The molecule has 2 aromatic rings. The molecule has 2 aromatic carbocycles. The van der Waals surface area contributed by atoms with E-state index in [-0.39, 0.29) is 23.6 Å². The van der Waals surface area contributed by atoms with E-state index in [1.807, 2.05) is 31.2 Å². The molecule has 0 saturated heterocycles. The van der Waals surface area contributed by atoms with Crippen LogP contribution in [0, 0.1) is 5.82 Å². The van der Waals surface area contributed by atoms with Gasteiger partial charge in [0.1, 0.15) is 11.9 Å². The highest BCUT2D eigenvalue weighted by molar-refractivity contribution is 7.92. The molecule has 2 atom stereocenters. The van der Waals surface area contributed by atoms with Crippen molar-refractivity contribution in [2.24, 2.45) is 0 Å². The molecule has 2 rings (SSSR count). The summed E-state index contributed by atoms with van der Waals surface area (Å²) >= 11 is 0. The zero-order valence-electron chi connectivity index (χ0n) is 18.4. The number of halogens is 1. The van der Waals surface area contributed by atoms with Crippen molar-refractivity contribution in [3.63, 3.8) is 0 Å². The van der Waals surface area contributed by atoms with Crippen LogP contribution in [0.15, 0.2) is 48.5 Å². The summed E-state index contributed by atoms with van der Waals surface area (Å²) in [6.45, 7) is 9.92. The number of carbonyl (C=O) groups excluding carboxylic acids is 1. The zero-order chi connectivity index (χ0) is 22.7. The Bertz CT molecular complexity index is 982. The molecule has 0 aliphatic heterocycles. The van der Waals surface area contributed by atoms with Crippen LogP contribution in [0.25, 0.3) is 0 Å². The zero-order valence-corrected chi connectivity index (χ0v) is 19.3. The number of nitrogens with one attached hydrogen (secondary N) is 1. The number of hydrogen-bond donors (Lipinski definition) is 1. The van der Waals surface area contributed by atoms with Crippen molar-refractivity contribution in [3.05, 3.63) is 65.5 Å². The molecule has 1 amide bonds. The van der Waals surface area contributed by atoms with Gasteiger partial charge in [0.15, 0.2) is 0 Å². The van der Waals surface area contributed by atoms with E-state index in [0.717, 1.165) is 16.1 Å². The summed E-state index contributed by atoms with van der Waals surface area (Å²) in [5.74, 6) is -1.17. The molecule has 0 unspecified atom stereocenters. The maximum atomic E-state index is 14.4. The number of sulfonamides is 1. The van der Waals surface area contributed by atoms with Crippen molar-refractivity contribution in [1.29, 1.82) is 0 Å². The average Bonchev–Trinajstić information content (AvgIpc) is 2.65. The van der Waals surface area contributed by atoms with Crippen molar-refractivity contribution in [3.8, 4) is 0 Å². The van der Waals surface area contributed by atoms with E-state index >= 15 is 0 Å². The second-order valence-corrected chi connectivity index (χ2v) is 10.4. The largest absolute Gasteiger partial charge is 0.348 e. The normalized spacial score (nSPS) is 14.1. The monoisotopic (exact) mass is 434 g/mol. The van der Waals surface area contributed by atoms with Gasteiger partial charge in [0.25, 0.3) is 0 Å². The van der Waals surface area contributed by atoms with Crippen molar-refractivity contribution >= 4 is 21.6 Å². The van der Waals surface area contributed by atoms with Crippen LogP contribution in [0.2, 0.25) is 0 Å². The highest BCUT2D eigenvalue weighted by atomic mass is 32.2. The van der Waals surface area contributed by atoms with Gasteiger partial charge in [-0.3, -0.25) is 9.10 Å². The van der Waals surface area contributed by atoms with Crippen LogP contribution in [0.3, 0.4) is 0 Å². The molecule has 30 heavy (non-hydrogen) atoms. The van der Waals surface area contributed by atoms with Crippen molar-refractivity contribution in [2.45, 2.75) is 58.5 Å². The molecule has 0 radical (unpaired) electrons. The first kappa shape index (κ1) is 23.9. The maximum absolute atomic E-state index is 14.4. The molecule has 0 spiro atoms. The average molecular weight is 435 g/mol. The summed E-state index contributed by atoms with van der Waals surface area (Å²) in [7, 11) is -3.89. The molecule has 0 saturated carbocycles. The van der Waals surface area contributed by atoms with E-state index in [1.165, 1.54) is 23.8 Å². The summed E-state index contributed by atoms with van der Waals surface area (Å²) in [6.07, 6.45) is 1.17. The van der Waals surface area contributed by atoms with Crippen LogP contribution in [-0.4, -0.2) is 26.6 Å². The molecule has 5 nitrogen and oxygen atoms in total. The number of carbonyl (C=O) groups is 1. The Hall–Kier alpha value is -2.41. The third-order valence-corrected chi connectivity index (χ3v) is 6.22. The van der Waals surface area contributed by atoms with Crippen LogP contribution in [0.4, 0.5) is 10.1 Å². The van der Waals surface area contributed by atoms with E-state index in [2.05, 4.69) is 26.1 Å². The minimum atomic E-state index is -3.89. The lowest BCUT2D eigenvalue weighted by molar-refractivity contribution is -0.122. The second kappa shape index (κ2) is 9.16. The van der Waals surface area contributed by atoms with Gasteiger partial charge in [-0.1, -0.05) is 64.1 Å². The smallest absolute Gasteiger partial charge is 0.244 e. The topological polar surface area (TPSA) is 66.5 Å². The van der Waals surface area contributed by atoms with Gasteiger partial charge in [0.05, 0.1) is 18.0 Å². The van der Waals surface area contributed by atoms with Gasteiger partial charge < -0.3 is 5.32 Å². The molecule has 0 bridgehead atoms. The quantitative estimate of drug-likeness (QED) is 0.695. The number of benzene rings is 2. The van der Waals surface area contributed by atoms with Crippen LogP contribution in [0.1, 0.15) is 58.2 Å². The highest BCUT2D eigenvalue weighted by Crippen LogP contribution is 2.27. The lowest BCUT2D eigenvalue weighted by atomic mass is 9.86. The third-order valence-electron chi connectivity index (χ3n) is 5.06. The third kappa shape index (κ3) is 5.59. The molecule has 0 fully saturated rings. The van der Waals surface area contributed by atoms with Crippen molar-refractivity contribution in [1.82, 2.24) is 5.32 Å². The molecule has 1 N–H and O–H groups in total. The van der Waals surface area contributed by atoms with Crippen molar-refractivity contribution in [2.75, 3.05) is 10.6 Å². The first-order valence-electron chi connectivity index (χ1n) is 10.0. The van der Waals surface area contributed by atoms with E-state index in [4.69, 9.17) is 0 Å². The maximum Gasteiger partial charge on any atom is 0.244 e. The summed E-state index contributed by atoms with van der Waals surface area (Å²) < 4.78 is 40.1. The Morgan fingerprint density at radius 3 is 2.13 bits per heavy atom. The van der Waals surface area contributed by atoms with E-state index in [1.54, 1.807) is 13.0 Å². The van der Waals surface area contributed by atoms with Crippen LogP contribution < -0.4 is 9.62 Å². The van der Waals surface area contributed by atoms with Gasteiger partial charge >= 0.3 is 0 Å².